The molecule has 0 bridgehead atoms. The fourth-order valence-corrected chi connectivity index (χ4v) is 11.9. The summed E-state index contributed by atoms with van der Waals surface area (Å²) in [5, 5.41) is 10.6. The Hall–Kier alpha value is -4.28. The molecular formula is C81H140O17P2. The number of unbranched alkanes of at least 4 members (excludes halogenated alkanes) is 29. The Bertz CT molecular complexity index is 2320. The zero-order valence-corrected chi connectivity index (χ0v) is 64.6. The van der Waals surface area contributed by atoms with Gasteiger partial charge in [-0.05, 0) is 128 Å². The number of phosphoric ester groups is 2. The highest BCUT2D eigenvalue weighted by Gasteiger charge is 2.30. The van der Waals surface area contributed by atoms with Crippen LogP contribution in [0.25, 0.3) is 0 Å². The molecule has 19 heteroatoms. The number of carbonyl (C=O) groups is 4. The molecule has 100 heavy (non-hydrogen) atoms. The van der Waals surface area contributed by atoms with Crippen molar-refractivity contribution in [2.24, 2.45) is 0 Å². The molecule has 0 aliphatic heterocycles. The summed E-state index contributed by atoms with van der Waals surface area (Å²) in [6.07, 6.45) is 77.9. The van der Waals surface area contributed by atoms with Crippen LogP contribution >= 0.6 is 15.6 Å². The summed E-state index contributed by atoms with van der Waals surface area (Å²) in [7, 11) is -9.97. The van der Waals surface area contributed by atoms with Crippen molar-refractivity contribution in [3.8, 4) is 0 Å². The topological polar surface area (TPSA) is 237 Å². The maximum Gasteiger partial charge on any atom is 0.472 e. The molecular weight excluding hydrogens is 1310 g/mol. The number of hydrogen-bond donors (Lipinski definition) is 3. The van der Waals surface area contributed by atoms with Gasteiger partial charge < -0.3 is 33.8 Å². The second-order valence-corrected chi connectivity index (χ2v) is 28.8. The van der Waals surface area contributed by atoms with E-state index in [0.717, 1.165) is 154 Å². The molecule has 0 aromatic heterocycles. The summed E-state index contributed by atoms with van der Waals surface area (Å²) >= 11 is 0. The molecule has 0 aliphatic carbocycles. The summed E-state index contributed by atoms with van der Waals surface area (Å²) in [4.78, 5) is 72.9. The van der Waals surface area contributed by atoms with Crippen LogP contribution in [0.2, 0.25) is 0 Å². The third-order valence-electron chi connectivity index (χ3n) is 16.2. The van der Waals surface area contributed by atoms with Gasteiger partial charge in [0.25, 0.3) is 0 Å². The van der Waals surface area contributed by atoms with Crippen molar-refractivity contribution in [2.45, 2.75) is 341 Å². The van der Waals surface area contributed by atoms with Gasteiger partial charge in [0.2, 0.25) is 0 Å². The maximum absolute atomic E-state index is 13.1. The van der Waals surface area contributed by atoms with Crippen molar-refractivity contribution >= 4 is 39.5 Å². The molecule has 0 saturated carbocycles. The first kappa shape index (κ1) is 95.7. The highest BCUT2D eigenvalue weighted by Crippen LogP contribution is 2.45. The predicted octanol–water partition coefficient (Wildman–Crippen LogP) is 22.6. The second-order valence-electron chi connectivity index (χ2n) is 25.9. The van der Waals surface area contributed by atoms with Gasteiger partial charge >= 0.3 is 39.5 Å². The van der Waals surface area contributed by atoms with E-state index < -0.39 is 97.5 Å². The van der Waals surface area contributed by atoms with Crippen molar-refractivity contribution < 1.29 is 80.2 Å². The lowest BCUT2D eigenvalue weighted by atomic mass is 10.0. The normalized spacial score (nSPS) is 14.5. The van der Waals surface area contributed by atoms with Crippen molar-refractivity contribution in [1.29, 1.82) is 0 Å². The van der Waals surface area contributed by atoms with Gasteiger partial charge in [-0.1, -0.05) is 278 Å². The van der Waals surface area contributed by atoms with Crippen LogP contribution in [-0.2, 0) is 65.4 Å². The summed E-state index contributed by atoms with van der Waals surface area (Å²) in [6, 6.07) is 0. The molecule has 17 nitrogen and oxygen atoms in total. The van der Waals surface area contributed by atoms with E-state index in [1.807, 2.05) is 0 Å². The van der Waals surface area contributed by atoms with Gasteiger partial charge in [0.15, 0.2) is 12.2 Å². The summed E-state index contributed by atoms with van der Waals surface area (Å²) in [5.74, 6) is -2.25. The summed E-state index contributed by atoms with van der Waals surface area (Å²) < 4.78 is 68.5. The average Bonchev–Trinajstić information content (AvgIpc) is 1.06. The van der Waals surface area contributed by atoms with Crippen LogP contribution in [0.1, 0.15) is 323 Å². The third kappa shape index (κ3) is 72.1. The molecule has 0 heterocycles. The number of aliphatic hydroxyl groups excluding tert-OH is 1. The zero-order valence-electron chi connectivity index (χ0n) is 62.8. The molecule has 0 saturated heterocycles. The van der Waals surface area contributed by atoms with Crippen LogP contribution in [0.15, 0.2) is 109 Å². The van der Waals surface area contributed by atoms with E-state index in [1.54, 1.807) is 0 Å². The monoisotopic (exact) mass is 1450 g/mol. The Balaban J connectivity index is 5.40. The average molecular weight is 1450 g/mol. The number of carbonyl (C=O) groups excluding carboxylic acids is 4. The van der Waals surface area contributed by atoms with Gasteiger partial charge in [-0.15, -0.1) is 0 Å². The van der Waals surface area contributed by atoms with Crippen LogP contribution < -0.4 is 0 Å². The Morgan fingerprint density at radius 1 is 0.290 bits per heavy atom. The molecule has 0 aromatic carbocycles. The van der Waals surface area contributed by atoms with Crippen LogP contribution in [0.5, 0.6) is 0 Å². The quantitative estimate of drug-likeness (QED) is 0.0169. The Kier molecular flexibility index (Phi) is 69.9. The van der Waals surface area contributed by atoms with Crippen LogP contribution in [0.4, 0.5) is 0 Å². The van der Waals surface area contributed by atoms with Gasteiger partial charge in [-0.25, -0.2) is 9.13 Å². The molecule has 576 valence electrons. The summed E-state index contributed by atoms with van der Waals surface area (Å²) in [5.41, 5.74) is 0. The predicted molar refractivity (Wildman–Crippen MR) is 408 cm³/mol. The smallest absolute Gasteiger partial charge is 0.462 e. The van der Waals surface area contributed by atoms with Crippen molar-refractivity contribution in [2.75, 3.05) is 39.6 Å². The minimum Gasteiger partial charge on any atom is -0.462 e. The molecule has 3 N–H and O–H groups in total. The van der Waals surface area contributed by atoms with E-state index >= 15 is 0 Å². The number of rotatable bonds is 73. The molecule has 0 aliphatic rings. The molecule has 0 rings (SSSR count). The van der Waals surface area contributed by atoms with E-state index in [2.05, 4.69) is 137 Å². The standard InChI is InChI=1S/C81H140O17P2/c1-5-9-13-17-21-25-29-33-36-37-40-43-46-50-54-58-62-66-79(84)92-72-77(98-81(86)68-64-60-56-52-48-44-39-35-31-27-23-19-15-11-7-3)74-96-100(89,90)94-70-75(82)69-93-99(87,88)95-73-76(97-80(85)67-63-59-55-51-47-41-32-28-24-20-16-12-8-4)71-91-78(83)65-61-57-53-49-45-42-38-34-30-26-22-18-14-10-6-2/h9-10,13-14,21-22,25-26,33-36,38-40,43,45,49,75-77,82H,5-8,11-12,15-20,23-24,27-32,37,41-42,44,46-48,50-74H2,1-4H3,(H,87,88)(H,89,90)/b13-9-,14-10-,25-21-,26-22-,36-33-,38-34-,39-35-,43-40-,49-45-. The number of allylic oxidation sites excluding steroid dienone is 18. The number of phosphoric acid groups is 2. The van der Waals surface area contributed by atoms with Crippen LogP contribution in [-0.4, -0.2) is 96.7 Å². The molecule has 0 spiro atoms. The van der Waals surface area contributed by atoms with Crippen molar-refractivity contribution in [3.05, 3.63) is 109 Å². The SMILES string of the molecule is CC/C=C\C/C=C\C/C=C\C/C=C\CCCCCCC(=O)OCC(COP(=O)(O)OCC(O)COP(=O)(O)OCC(COC(=O)CCCC/C=C\C/C=C\C/C=C\C/C=C\CC)OC(=O)CCCCCCCCCCCCCCC)OC(=O)CCCCCCC/C=C\CCCCCCCC. The van der Waals surface area contributed by atoms with Gasteiger partial charge in [0.1, 0.15) is 19.3 Å². The van der Waals surface area contributed by atoms with Gasteiger partial charge in [0.05, 0.1) is 26.4 Å². The van der Waals surface area contributed by atoms with E-state index in [1.165, 1.54) is 89.9 Å². The minimum absolute atomic E-state index is 0.0782. The first-order valence-electron chi connectivity index (χ1n) is 39.1. The first-order valence-corrected chi connectivity index (χ1v) is 42.1. The largest absolute Gasteiger partial charge is 0.472 e. The lowest BCUT2D eigenvalue weighted by molar-refractivity contribution is -0.161. The number of esters is 4. The van der Waals surface area contributed by atoms with Crippen molar-refractivity contribution in [1.82, 2.24) is 0 Å². The van der Waals surface area contributed by atoms with E-state index in [4.69, 9.17) is 37.0 Å². The first-order chi connectivity index (χ1) is 48.7. The Morgan fingerprint density at radius 3 is 0.830 bits per heavy atom. The molecule has 5 atom stereocenters. The van der Waals surface area contributed by atoms with Crippen LogP contribution in [0, 0.1) is 0 Å². The second kappa shape index (κ2) is 73.0. The fourth-order valence-electron chi connectivity index (χ4n) is 10.3. The minimum atomic E-state index is -4.98. The Labute approximate surface area is 607 Å². The van der Waals surface area contributed by atoms with Gasteiger partial charge in [0, 0.05) is 25.7 Å². The molecule has 5 unspecified atom stereocenters. The van der Waals surface area contributed by atoms with Crippen LogP contribution in [0.3, 0.4) is 0 Å². The van der Waals surface area contributed by atoms with E-state index in [9.17, 15) is 43.2 Å². The highest BCUT2D eigenvalue weighted by atomic mass is 31.2. The molecule has 0 radical (unpaired) electrons. The summed E-state index contributed by atoms with van der Waals surface area (Å²) in [6.45, 7) is 4.58. The lowest BCUT2D eigenvalue weighted by Gasteiger charge is -2.21. The number of hydrogen-bond acceptors (Lipinski definition) is 15. The Morgan fingerprint density at radius 2 is 0.520 bits per heavy atom. The van der Waals surface area contributed by atoms with E-state index in [-0.39, 0.29) is 25.7 Å². The fraction of sp³-hybridized carbons (Fsp3) is 0.728. The van der Waals surface area contributed by atoms with Crippen molar-refractivity contribution in [3.63, 3.8) is 0 Å². The number of ether oxygens (including phenoxy) is 4. The molecule has 0 fully saturated rings. The van der Waals surface area contributed by atoms with E-state index in [0.29, 0.717) is 25.7 Å². The molecule has 0 aromatic rings. The highest BCUT2D eigenvalue weighted by molar-refractivity contribution is 7.47. The van der Waals surface area contributed by atoms with Gasteiger partial charge in [-0.2, -0.15) is 0 Å². The van der Waals surface area contributed by atoms with Gasteiger partial charge in [-0.3, -0.25) is 37.3 Å². The third-order valence-corrected chi connectivity index (χ3v) is 18.1. The number of aliphatic hydroxyl groups is 1. The molecule has 0 amide bonds. The lowest BCUT2D eigenvalue weighted by Crippen LogP contribution is -2.30. The maximum atomic E-state index is 13.1. The zero-order chi connectivity index (χ0) is 73.2.